The van der Waals surface area contributed by atoms with Gasteiger partial charge in [-0.2, -0.15) is 0 Å². The highest BCUT2D eigenvalue weighted by atomic mass is 35.5. The lowest BCUT2D eigenvalue weighted by molar-refractivity contribution is -0.109. The highest BCUT2D eigenvalue weighted by molar-refractivity contribution is 6.37. The van der Waals surface area contributed by atoms with Crippen LogP contribution in [0.15, 0.2) is 0 Å². The van der Waals surface area contributed by atoms with Gasteiger partial charge in [0.05, 0.1) is 0 Å². The van der Waals surface area contributed by atoms with Crippen molar-refractivity contribution in [2.75, 3.05) is 5.88 Å². The lowest BCUT2D eigenvalue weighted by atomic mass is 10.1. The Labute approximate surface area is 59.0 Å². The third-order valence-corrected chi connectivity index (χ3v) is 2.12. The van der Waals surface area contributed by atoms with Crippen molar-refractivity contribution in [2.45, 2.75) is 18.2 Å². The monoisotopic (exact) mass is 154 g/mol. The van der Waals surface area contributed by atoms with Crippen molar-refractivity contribution in [3.05, 3.63) is 0 Å². The van der Waals surface area contributed by atoms with Gasteiger partial charge in [-0.05, 0) is 6.42 Å². The fourth-order valence-electron chi connectivity index (χ4n) is 0.209. The summed E-state index contributed by atoms with van der Waals surface area (Å²) in [7, 11) is 0. The molecule has 1 unspecified atom stereocenters. The molecule has 0 aliphatic rings. The van der Waals surface area contributed by atoms with Crippen LogP contribution in [-0.2, 0) is 4.79 Å². The lowest BCUT2D eigenvalue weighted by Gasteiger charge is -2.11. The van der Waals surface area contributed by atoms with E-state index in [0.717, 1.165) is 0 Å². The first-order valence-electron chi connectivity index (χ1n) is 2.39. The molecule has 0 saturated heterocycles. The Kier molecular flexibility index (Phi) is 3.41. The molecule has 0 aliphatic heterocycles. The molecule has 0 bridgehead atoms. The maximum atomic E-state index is 10.1. The van der Waals surface area contributed by atoms with Crippen molar-refractivity contribution in [3.8, 4) is 0 Å². The second-order valence-electron chi connectivity index (χ2n) is 1.64. The van der Waals surface area contributed by atoms with Gasteiger partial charge in [-0.1, -0.05) is 6.92 Å². The third-order valence-electron chi connectivity index (χ3n) is 1.02. The van der Waals surface area contributed by atoms with Crippen molar-refractivity contribution < 1.29 is 4.79 Å². The molecule has 0 fully saturated rings. The molecule has 1 nitrogen and oxygen atoms in total. The number of alkyl halides is 2. The topological polar surface area (TPSA) is 17.1 Å². The summed E-state index contributed by atoms with van der Waals surface area (Å²) in [6, 6.07) is 0. The maximum Gasteiger partial charge on any atom is 0.142 e. The van der Waals surface area contributed by atoms with Gasteiger partial charge in [-0.25, -0.2) is 0 Å². The summed E-state index contributed by atoms with van der Waals surface area (Å²) in [5.41, 5.74) is 0. The van der Waals surface area contributed by atoms with Crippen molar-refractivity contribution >= 4 is 29.5 Å². The van der Waals surface area contributed by atoms with Gasteiger partial charge in [0.25, 0.3) is 0 Å². The average molecular weight is 155 g/mol. The molecule has 0 spiro atoms. The Morgan fingerprint density at radius 1 is 1.75 bits per heavy atom. The van der Waals surface area contributed by atoms with E-state index in [1.54, 1.807) is 0 Å². The number of carbonyl (C=O) groups excluding carboxylic acids is 1. The van der Waals surface area contributed by atoms with Crippen LogP contribution in [0.25, 0.3) is 0 Å². The van der Waals surface area contributed by atoms with Crippen LogP contribution in [0.4, 0.5) is 0 Å². The van der Waals surface area contributed by atoms with Gasteiger partial charge in [0.2, 0.25) is 0 Å². The van der Waals surface area contributed by atoms with Crippen molar-refractivity contribution in [1.29, 1.82) is 0 Å². The number of rotatable bonds is 3. The minimum absolute atomic E-state index is 0.189. The molecule has 1 atom stereocenters. The van der Waals surface area contributed by atoms with Crippen molar-refractivity contribution in [2.24, 2.45) is 0 Å². The predicted octanol–water partition coefficient (Wildman–Crippen LogP) is 1.81. The predicted molar refractivity (Wildman–Crippen MR) is 35.7 cm³/mol. The van der Waals surface area contributed by atoms with Crippen LogP contribution in [0, 0.1) is 0 Å². The normalized spacial score (nSPS) is 17.4. The van der Waals surface area contributed by atoms with Crippen LogP contribution in [0.1, 0.15) is 13.3 Å². The van der Waals surface area contributed by atoms with Gasteiger partial charge in [0.1, 0.15) is 11.2 Å². The smallest absolute Gasteiger partial charge is 0.142 e. The zero-order chi connectivity index (χ0) is 6.62. The molecular formula is C5H8Cl2O. The first-order valence-corrected chi connectivity index (χ1v) is 3.31. The fourth-order valence-corrected chi connectivity index (χ4v) is 0.461. The van der Waals surface area contributed by atoms with Gasteiger partial charge >= 0.3 is 0 Å². The fraction of sp³-hybridized carbons (Fsp3) is 0.800. The summed E-state index contributed by atoms with van der Waals surface area (Å²) < 4.78 is 0. The standard InChI is InChI=1S/C5H8Cl2O/c1-2-5(7,3-6)4-8/h4H,2-3H2,1H3. The first-order chi connectivity index (χ1) is 3.68. The van der Waals surface area contributed by atoms with E-state index in [1.165, 1.54) is 0 Å². The third kappa shape index (κ3) is 2.01. The largest absolute Gasteiger partial charge is 0.301 e. The molecule has 48 valence electrons. The van der Waals surface area contributed by atoms with Crippen LogP contribution in [0.3, 0.4) is 0 Å². The van der Waals surface area contributed by atoms with Crippen LogP contribution in [-0.4, -0.2) is 17.0 Å². The minimum Gasteiger partial charge on any atom is -0.301 e. The quantitative estimate of drug-likeness (QED) is 0.448. The molecule has 0 rings (SSSR count). The van der Waals surface area contributed by atoms with Crippen molar-refractivity contribution in [3.63, 3.8) is 0 Å². The summed E-state index contributed by atoms with van der Waals surface area (Å²) in [4.78, 5) is 9.25. The Bertz CT molecular complexity index is 78.5. The molecule has 0 radical (unpaired) electrons. The minimum atomic E-state index is -0.818. The molecule has 0 N–H and O–H groups in total. The Balaban J connectivity index is 3.76. The molecule has 0 aromatic rings. The first kappa shape index (κ1) is 8.25. The maximum absolute atomic E-state index is 10.1. The molecule has 0 heterocycles. The number of aldehydes is 1. The highest BCUT2D eigenvalue weighted by Gasteiger charge is 2.21. The Morgan fingerprint density at radius 3 is 2.25 bits per heavy atom. The van der Waals surface area contributed by atoms with Crippen molar-refractivity contribution in [1.82, 2.24) is 0 Å². The molecule has 0 aliphatic carbocycles. The van der Waals surface area contributed by atoms with E-state index in [-0.39, 0.29) is 5.88 Å². The molecule has 0 amide bonds. The van der Waals surface area contributed by atoms with Crippen LogP contribution < -0.4 is 0 Å². The van der Waals surface area contributed by atoms with E-state index in [4.69, 9.17) is 23.2 Å². The van der Waals surface area contributed by atoms with Gasteiger partial charge in [0.15, 0.2) is 0 Å². The summed E-state index contributed by atoms with van der Waals surface area (Å²) in [6.07, 6.45) is 1.27. The second kappa shape index (κ2) is 3.31. The molecule has 0 aromatic carbocycles. The lowest BCUT2D eigenvalue weighted by Crippen LogP contribution is -2.23. The number of hydrogen-bond donors (Lipinski definition) is 0. The molecular weight excluding hydrogens is 147 g/mol. The van der Waals surface area contributed by atoms with E-state index in [2.05, 4.69) is 0 Å². The summed E-state index contributed by atoms with van der Waals surface area (Å²) in [5, 5.41) is 0. The summed E-state index contributed by atoms with van der Waals surface area (Å²) >= 11 is 10.9. The van der Waals surface area contributed by atoms with E-state index in [0.29, 0.717) is 12.7 Å². The number of hydrogen-bond acceptors (Lipinski definition) is 1. The molecule has 0 aromatic heterocycles. The van der Waals surface area contributed by atoms with E-state index < -0.39 is 4.87 Å². The zero-order valence-corrected chi connectivity index (χ0v) is 6.17. The number of halogens is 2. The van der Waals surface area contributed by atoms with Gasteiger partial charge in [-0.3, -0.25) is 0 Å². The average Bonchev–Trinajstić information content (AvgIpc) is 1.87. The Morgan fingerprint density at radius 2 is 2.25 bits per heavy atom. The number of carbonyl (C=O) groups is 1. The van der Waals surface area contributed by atoms with Gasteiger partial charge in [0, 0.05) is 5.88 Å². The summed E-state index contributed by atoms with van der Waals surface area (Å²) in [6.45, 7) is 1.82. The molecule has 0 saturated carbocycles. The Hall–Kier alpha value is 0.250. The summed E-state index contributed by atoms with van der Waals surface area (Å²) in [5.74, 6) is 0.189. The molecule has 8 heavy (non-hydrogen) atoms. The van der Waals surface area contributed by atoms with Gasteiger partial charge < -0.3 is 4.79 Å². The van der Waals surface area contributed by atoms with Crippen LogP contribution in [0.2, 0.25) is 0 Å². The van der Waals surface area contributed by atoms with Crippen LogP contribution in [0.5, 0.6) is 0 Å². The van der Waals surface area contributed by atoms with E-state index in [9.17, 15) is 4.79 Å². The molecule has 3 heteroatoms. The SMILES string of the molecule is CCC(Cl)(C=O)CCl. The van der Waals surface area contributed by atoms with E-state index in [1.807, 2.05) is 6.92 Å². The zero-order valence-electron chi connectivity index (χ0n) is 4.66. The van der Waals surface area contributed by atoms with Gasteiger partial charge in [-0.15, -0.1) is 23.2 Å². The van der Waals surface area contributed by atoms with Crippen LogP contribution >= 0.6 is 23.2 Å². The highest BCUT2D eigenvalue weighted by Crippen LogP contribution is 2.17. The second-order valence-corrected chi connectivity index (χ2v) is 2.66. The van der Waals surface area contributed by atoms with E-state index >= 15 is 0 Å².